The minimum absolute atomic E-state index is 0.0371. The molecule has 1 saturated heterocycles. The second kappa shape index (κ2) is 6.86. The van der Waals surface area contributed by atoms with E-state index in [-0.39, 0.29) is 17.7 Å². The van der Waals surface area contributed by atoms with E-state index in [9.17, 15) is 9.59 Å². The zero-order valence-electron chi connectivity index (χ0n) is 14.2. The molecule has 6 nitrogen and oxygen atoms in total. The van der Waals surface area contributed by atoms with Gasteiger partial charge in [-0.3, -0.25) is 9.59 Å². The molecule has 2 aliphatic rings. The number of fused-ring (bicyclic) bond motifs is 1. The molecule has 1 aromatic heterocycles. The number of para-hydroxylation sites is 2. The number of hydrogen-bond acceptors (Lipinski definition) is 4. The Morgan fingerprint density at radius 1 is 1.28 bits per heavy atom. The number of amides is 2. The Hall–Kier alpha value is -2.37. The second-order valence-corrected chi connectivity index (χ2v) is 7.00. The highest BCUT2D eigenvalue weighted by molar-refractivity contribution is 5.89. The van der Waals surface area contributed by atoms with Crippen molar-refractivity contribution in [3.05, 3.63) is 30.2 Å². The van der Waals surface area contributed by atoms with Crippen molar-refractivity contribution >= 4 is 22.9 Å². The van der Waals surface area contributed by atoms with Gasteiger partial charge in [0, 0.05) is 32.0 Å². The van der Waals surface area contributed by atoms with Gasteiger partial charge in [-0.2, -0.15) is 0 Å². The van der Waals surface area contributed by atoms with Gasteiger partial charge in [0.15, 0.2) is 11.5 Å². The largest absolute Gasteiger partial charge is 0.441 e. The van der Waals surface area contributed by atoms with Gasteiger partial charge in [-0.15, -0.1) is 0 Å². The van der Waals surface area contributed by atoms with Crippen LogP contribution in [0, 0.1) is 5.92 Å². The summed E-state index contributed by atoms with van der Waals surface area (Å²) in [7, 11) is 0. The van der Waals surface area contributed by atoms with Gasteiger partial charge in [0.1, 0.15) is 5.52 Å². The van der Waals surface area contributed by atoms with E-state index in [0.717, 1.165) is 23.9 Å². The van der Waals surface area contributed by atoms with Crippen LogP contribution in [-0.2, 0) is 16.0 Å². The van der Waals surface area contributed by atoms with Gasteiger partial charge in [-0.1, -0.05) is 25.0 Å². The first-order valence-corrected chi connectivity index (χ1v) is 9.12. The molecular formula is C19H23N3O3. The van der Waals surface area contributed by atoms with E-state index in [2.05, 4.69) is 10.3 Å². The Bertz CT molecular complexity index is 746. The van der Waals surface area contributed by atoms with Gasteiger partial charge in [0.05, 0.1) is 5.92 Å². The van der Waals surface area contributed by atoms with Crippen molar-refractivity contribution in [2.45, 2.75) is 44.6 Å². The zero-order valence-corrected chi connectivity index (χ0v) is 14.2. The number of likely N-dealkylation sites (tertiary alicyclic amines) is 1. The summed E-state index contributed by atoms with van der Waals surface area (Å²) in [6.07, 6.45) is 5.43. The summed E-state index contributed by atoms with van der Waals surface area (Å²) in [5.41, 5.74) is 1.59. The van der Waals surface area contributed by atoms with Crippen LogP contribution < -0.4 is 5.32 Å². The average Bonchev–Trinajstić information content (AvgIpc) is 3.33. The van der Waals surface area contributed by atoms with Gasteiger partial charge in [-0.05, 0) is 25.0 Å². The number of oxazole rings is 1. The lowest BCUT2D eigenvalue weighted by molar-refractivity contribution is -0.130. The SMILES string of the molecule is O=C(NCCc1nc2ccccc2o1)[C@H]1CC(=O)N(C2CCCC2)C1. The maximum atomic E-state index is 12.4. The van der Waals surface area contributed by atoms with Crippen molar-refractivity contribution in [1.29, 1.82) is 0 Å². The van der Waals surface area contributed by atoms with E-state index in [4.69, 9.17) is 4.42 Å². The highest BCUT2D eigenvalue weighted by atomic mass is 16.3. The third-order valence-electron chi connectivity index (χ3n) is 5.27. The van der Waals surface area contributed by atoms with E-state index < -0.39 is 0 Å². The number of nitrogens with one attached hydrogen (secondary N) is 1. The molecule has 1 atom stereocenters. The Balaban J connectivity index is 1.28. The first-order chi connectivity index (χ1) is 12.2. The highest BCUT2D eigenvalue weighted by Gasteiger charge is 2.38. The van der Waals surface area contributed by atoms with Crippen LogP contribution in [0.15, 0.2) is 28.7 Å². The number of aromatic nitrogens is 1. The summed E-state index contributed by atoms with van der Waals surface area (Å²) >= 11 is 0. The molecule has 1 aromatic carbocycles. The van der Waals surface area contributed by atoms with Crippen LogP contribution in [0.2, 0.25) is 0 Å². The molecule has 0 unspecified atom stereocenters. The van der Waals surface area contributed by atoms with E-state index in [1.807, 2.05) is 29.2 Å². The molecule has 4 rings (SSSR count). The predicted octanol–water partition coefficient (Wildman–Crippen LogP) is 2.28. The van der Waals surface area contributed by atoms with Gasteiger partial charge in [0.2, 0.25) is 11.8 Å². The topological polar surface area (TPSA) is 75.4 Å². The smallest absolute Gasteiger partial charge is 0.225 e. The standard InChI is InChI=1S/C19H23N3O3/c23-18-11-13(12-22(18)14-5-1-2-6-14)19(24)20-10-9-17-21-15-7-3-4-8-16(15)25-17/h3-4,7-8,13-14H,1-2,5-6,9-12H2,(H,20,24)/t13-/m0/s1. The maximum absolute atomic E-state index is 12.4. The van der Waals surface area contributed by atoms with Crippen LogP contribution in [0.25, 0.3) is 11.1 Å². The van der Waals surface area contributed by atoms with E-state index >= 15 is 0 Å². The highest BCUT2D eigenvalue weighted by Crippen LogP contribution is 2.29. The van der Waals surface area contributed by atoms with Crippen LogP contribution in [-0.4, -0.2) is 40.8 Å². The fourth-order valence-corrected chi connectivity index (χ4v) is 3.94. The molecule has 1 aliphatic heterocycles. The fourth-order valence-electron chi connectivity index (χ4n) is 3.94. The minimum Gasteiger partial charge on any atom is -0.441 e. The van der Waals surface area contributed by atoms with Crippen LogP contribution >= 0.6 is 0 Å². The molecule has 1 N–H and O–H groups in total. The number of hydrogen-bond donors (Lipinski definition) is 1. The lowest BCUT2D eigenvalue weighted by atomic mass is 10.1. The summed E-state index contributed by atoms with van der Waals surface area (Å²) in [6.45, 7) is 1.04. The Kier molecular flexibility index (Phi) is 4.42. The summed E-state index contributed by atoms with van der Waals surface area (Å²) in [5.74, 6) is 0.490. The van der Waals surface area contributed by atoms with Gasteiger partial charge >= 0.3 is 0 Å². The number of nitrogens with zero attached hydrogens (tertiary/aromatic N) is 2. The van der Waals surface area contributed by atoms with Gasteiger partial charge in [0.25, 0.3) is 0 Å². The monoisotopic (exact) mass is 341 g/mol. The molecule has 132 valence electrons. The first kappa shape index (κ1) is 16.1. The van der Waals surface area contributed by atoms with Crippen LogP contribution in [0.3, 0.4) is 0 Å². The Morgan fingerprint density at radius 3 is 2.88 bits per heavy atom. The molecule has 2 amide bonds. The third-order valence-corrected chi connectivity index (χ3v) is 5.27. The Labute approximate surface area is 146 Å². The average molecular weight is 341 g/mol. The molecule has 0 radical (unpaired) electrons. The molecule has 0 spiro atoms. The van der Waals surface area contributed by atoms with Gasteiger partial charge in [-0.25, -0.2) is 4.98 Å². The summed E-state index contributed by atoms with van der Waals surface area (Å²) in [4.78, 5) is 30.9. The first-order valence-electron chi connectivity index (χ1n) is 9.12. The predicted molar refractivity (Wildman–Crippen MR) is 92.8 cm³/mol. The number of carbonyl (C=O) groups is 2. The second-order valence-electron chi connectivity index (χ2n) is 7.00. The molecule has 2 heterocycles. The van der Waals surface area contributed by atoms with Crippen molar-refractivity contribution in [2.75, 3.05) is 13.1 Å². The zero-order chi connectivity index (χ0) is 17.2. The molecule has 2 fully saturated rings. The summed E-state index contributed by atoms with van der Waals surface area (Å²) < 4.78 is 5.65. The van der Waals surface area contributed by atoms with Crippen molar-refractivity contribution in [1.82, 2.24) is 15.2 Å². The molecular weight excluding hydrogens is 318 g/mol. The molecule has 0 bridgehead atoms. The molecule has 25 heavy (non-hydrogen) atoms. The Morgan fingerprint density at radius 2 is 2.08 bits per heavy atom. The van der Waals surface area contributed by atoms with E-state index in [1.165, 1.54) is 12.8 Å². The van der Waals surface area contributed by atoms with Crippen LogP contribution in [0.1, 0.15) is 38.0 Å². The lowest BCUT2D eigenvalue weighted by Gasteiger charge is -2.23. The van der Waals surface area contributed by atoms with Crippen molar-refractivity contribution in [2.24, 2.45) is 5.92 Å². The summed E-state index contributed by atoms with van der Waals surface area (Å²) in [5, 5.41) is 2.93. The van der Waals surface area contributed by atoms with Gasteiger partial charge < -0.3 is 14.6 Å². The maximum Gasteiger partial charge on any atom is 0.225 e. The van der Waals surface area contributed by atoms with Crippen LogP contribution in [0.4, 0.5) is 0 Å². The van der Waals surface area contributed by atoms with Crippen molar-refractivity contribution in [3.8, 4) is 0 Å². The normalized spacial score (nSPS) is 21.4. The van der Waals surface area contributed by atoms with Crippen molar-refractivity contribution in [3.63, 3.8) is 0 Å². The number of carbonyl (C=O) groups excluding carboxylic acids is 2. The molecule has 6 heteroatoms. The lowest BCUT2D eigenvalue weighted by Crippen LogP contribution is -2.37. The minimum atomic E-state index is -0.225. The molecule has 1 saturated carbocycles. The van der Waals surface area contributed by atoms with Crippen molar-refractivity contribution < 1.29 is 14.0 Å². The quantitative estimate of drug-likeness (QED) is 0.905. The fraction of sp³-hybridized carbons (Fsp3) is 0.526. The van der Waals surface area contributed by atoms with E-state index in [0.29, 0.717) is 37.9 Å². The molecule has 1 aliphatic carbocycles. The number of rotatable bonds is 5. The summed E-state index contributed by atoms with van der Waals surface area (Å²) in [6, 6.07) is 7.97. The molecule has 2 aromatic rings. The van der Waals surface area contributed by atoms with Crippen LogP contribution in [0.5, 0.6) is 0 Å². The third kappa shape index (κ3) is 3.38. The van der Waals surface area contributed by atoms with E-state index in [1.54, 1.807) is 0 Å². The number of benzene rings is 1.